The summed E-state index contributed by atoms with van der Waals surface area (Å²) in [5.41, 5.74) is 0.0497. The first-order chi connectivity index (χ1) is 9.79. The van der Waals surface area contributed by atoms with Crippen LogP contribution in [-0.2, 0) is 10.0 Å². The van der Waals surface area contributed by atoms with Gasteiger partial charge in [-0.05, 0) is 40.2 Å². The van der Waals surface area contributed by atoms with Crippen molar-refractivity contribution in [2.24, 2.45) is 0 Å². The molecule has 110 valence electrons. The minimum Gasteiger partial charge on any atom is -0.478 e. The van der Waals surface area contributed by atoms with Gasteiger partial charge < -0.3 is 5.11 Å². The summed E-state index contributed by atoms with van der Waals surface area (Å²) in [5.74, 6) is -1.15. The van der Waals surface area contributed by atoms with Crippen LogP contribution < -0.4 is 4.72 Å². The molecular formula is C12H8BrClN2O4S. The number of carboxylic acids is 1. The Morgan fingerprint density at radius 3 is 2.57 bits per heavy atom. The van der Waals surface area contributed by atoms with Crippen LogP contribution in [0.5, 0.6) is 0 Å². The number of hydrogen-bond donors (Lipinski definition) is 2. The molecular weight excluding hydrogens is 384 g/mol. The van der Waals surface area contributed by atoms with Crippen LogP contribution in [0.3, 0.4) is 0 Å². The number of anilines is 1. The topological polar surface area (TPSA) is 96.4 Å². The van der Waals surface area contributed by atoms with Gasteiger partial charge in [0.05, 0.1) is 16.3 Å². The lowest BCUT2D eigenvalue weighted by Crippen LogP contribution is -2.13. The molecule has 0 spiro atoms. The molecule has 0 saturated heterocycles. The third kappa shape index (κ3) is 3.72. The predicted molar refractivity (Wildman–Crippen MR) is 81.2 cm³/mol. The Morgan fingerprint density at radius 1 is 1.29 bits per heavy atom. The minimum atomic E-state index is -3.87. The minimum absolute atomic E-state index is 0.0126. The zero-order chi connectivity index (χ0) is 15.6. The number of carbonyl (C=O) groups is 1. The van der Waals surface area contributed by atoms with Gasteiger partial charge in [0.15, 0.2) is 0 Å². The highest BCUT2D eigenvalue weighted by molar-refractivity contribution is 9.10. The van der Waals surface area contributed by atoms with Crippen molar-refractivity contribution in [2.45, 2.75) is 4.90 Å². The molecule has 1 heterocycles. The Morgan fingerprint density at radius 2 is 2.00 bits per heavy atom. The highest BCUT2D eigenvalue weighted by atomic mass is 79.9. The second kappa shape index (κ2) is 6.00. The van der Waals surface area contributed by atoms with Crippen molar-refractivity contribution in [3.63, 3.8) is 0 Å². The number of halogens is 2. The first kappa shape index (κ1) is 15.7. The van der Waals surface area contributed by atoms with Crippen LogP contribution in [0, 0.1) is 0 Å². The Labute approximate surface area is 134 Å². The Bertz CT molecular complexity index is 811. The standard InChI is InChI=1S/C12H8BrClN2O4S/c13-8-4-9(6-15-5-8)21(19,20)16-11-2-1-7(12(17)18)3-10(11)14/h1-6,16H,(H,17,18). The van der Waals surface area contributed by atoms with Crippen LogP contribution in [0.25, 0.3) is 0 Å². The number of hydrogen-bond acceptors (Lipinski definition) is 4. The first-order valence-corrected chi connectivity index (χ1v) is 8.11. The quantitative estimate of drug-likeness (QED) is 0.835. The molecule has 0 amide bonds. The zero-order valence-electron chi connectivity index (χ0n) is 10.2. The highest BCUT2D eigenvalue weighted by Gasteiger charge is 2.17. The maximum absolute atomic E-state index is 12.2. The first-order valence-electron chi connectivity index (χ1n) is 5.46. The molecule has 6 nitrogen and oxygen atoms in total. The third-order valence-corrected chi connectivity index (χ3v) is 4.53. The number of carboxylic acid groups (broad SMARTS) is 1. The van der Waals surface area contributed by atoms with Crippen molar-refractivity contribution in [3.05, 3.63) is 51.7 Å². The van der Waals surface area contributed by atoms with E-state index in [1.165, 1.54) is 36.7 Å². The van der Waals surface area contributed by atoms with Crippen molar-refractivity contribution in [2.75, 3.05) is 4.72 Å². The zero-order valence-corrected chi connectivity index (χ0v) is 13.4. The van der Waals surface area contributed by atoms with Gasteiger partial charge in [0.1, 0.15) is 4.90 Å². The van der Waals surface area contributed by atoms with E-state index < -0.39 is 16.0 Å². The maximum Gasteiger partial charge on any atom is 0.335 e. The van der Waals surface area contributed by atoms with Crippen molar-refractivity contribution >= 4 is 49.2 Å². The molecule has 0 aliphatic heterocycles. The monoisotopic (exact) mass is 390 g/mol. The van der Waals surface area contributed by atoms with Gasteiger partial charge in [0, 0.05) is 16.9 Å². The molecule has 1 aromatic heterocycles. The number of aromatic carboxylic acids is 1. The van der Waals surface area contributed by atoms with Gasteiger partial charge in [-0.3, -0.25) is 9.71 Å². The number of aromatic nitrogens is 1. The van der Waals surface area contributed by atoms with Crippen molar-refractivity contribution in [3.8, 4) is 0 Å². The average Bonchev–Trinajstić information content (AvgIpc) is 2.40. The molecule has 0 atom stereocenters. The van der Waals surface area contributed by atoms with Gasteiger partial charge in [0.2, 0.25) is 0 Å². The molecule has 21 heavy (non-hydrogen) atoms. The van der Waals surface area contributed by atoms with Gasteiger partial charge in [-0.15, -0.1) is 0 Å². The van der Waals surface area contributed by atoms with Gasteiger partial charge in [0.25, 0.3) is 10.0 Å². The SMILES string of the molecule is O=C(O)c1ccc(NS(=O)(=O)c2cncc(Br)c2)c(Cl)c1. The van der Waals surface area contributed by atoms with E-state index in [1.54, 1.807) is 0 Å². The Kier molecular flexibility index (Phi) is 4.50. The summed E-state index contributed by atoms with van der Waals surface area (Å²) in [6, 6.07) is 5.09. The normalized spacial score (nSPS) is 11.1. The van der Waals surface area contributed by atoms with E-state index in [0.29, 0.717) is 4.47 Å². The molecule has 0 bridgehead atoms. The second-order valence-electron chi connectivity index (χ2n) is 3.94. The lowest BCUT2D eigenvalue weighted by Gasteiger charge is -2.10. The fourth-order valence-corrected chi connectivity index (χ4v) is 3.34. The van der Waals surface area contributed by atoms with E-state index in [-0.39, 0.29) is 21.2 Å². The predicted octanol–water partition coefficient (Wildman–Crippen LogP) is 3.00. The molecule has 9 heteroatoms. The van der Waals surface area contributed by atoms with Crippen LogP contribution in [0.2, 0.25) is 5.02 Å². The van der Waals surface area contributed by atoms with E-state index >= 15 is 0 Å². The van der Waals surface area contributed by atoms with Crippen LogP contribution in [0.15, 0.2) is 46.0 Å². The van der Waals surface area contributed by atoms with E-state index in [9.17, 15) is 13.2 Å². The highest BCUT2D eigenvalue weighted by Crippen LogP contribution is 2.26. The van der Waals surface area contributed by atoms with Gasteiger partial charge >= 0.3 is 5.97 Å². The molecule has 2 rings (SSSR count). The van der Waals surface area contributed by atoms with Gasteiger partial charge in [-0.1, -0.05) is 11.6 Å². The van der Waals surface area contributed by atoms with E-state index in [1.807, 2.05) is 0 Å². The summed E-state index contributed by atoms with van der Waals surface area (Å²) in [7, 11) is -3.87. The smallest absolute Gasteiger partial charge is 0.335 e. The average molecular weight is 392 g/mol. The van der Waals surface area contributed by atoms with Gasteiger partial charge in [-0.2, -0.15) is 0 Å². The fraction of sp³-hybridized carbons (Fsp3) is 0. The number of rotatable bonds is 4. The molecule has 1 aromatic carbocycles. The van der Waals surface area contributed by atoms with Crippen molar-refractivity contribution in [1.82, 2.24) is 4.98 Å². The number of pyridine rings is 1. The van der Waals surface area contributed by atoms with Crippen LogP contribution in [-0.4, -0.2) is 24.5 Å². The summed E-state index contributed by atoms with van der Waals surface area (Å²) in [6.45, 7) is 0. The molecule has 0 radical (unpaired) electrons. The van der Waals surface area contributed by atoms with E-state index in [2.05, 4.69) is 25.6 Å². The molecule has 0 saturated carbocycles. The largest absolute Gasteiger partial charge is 0.478 e. The number of sulfonamides is 1. The Balaban J connectivity index is 2.35. The second-order valence-corrected chi connectivity index (χ2v) is 6.95. The number of benzene rings is 1. The van der Waals surface area contributed by atoms with Gasteiger partial charge in [-0.25, -0.2) is 13.2 Å². The Hall–Kier alpha value is -1.64. The molecule has 0 aliphatic rings. The maximum atomic E-state index is 12.2. The summed E-state index contributed by atoms with van der Waals surface area (Å²) >= 11 is 9.02. The van der Waals surface area contributed by atoms with Crippen LogP contribution >= 0.6 is 27.5 Å². The third-order valence-electron chi connectivity index (χ3n) is 2.45. The van der Waals surface area contributed by atoms with E-state index in [0.717, 1.165) is 0 Å². The molecule has 0 unspecified atom stereocenters. The molecule has 0 fully saturated rings. The molecule has 0 aliphatic carbocycles. The number of nitrogens with zero attached hydrogens (tertiary/aromatic N) is 1. The summed E-state index contributed by atoms with van der Waals surface area (Å²) in [5, 5.41) is 8.82. The molecule has 2 aromatic rings. The van der Waals surface area contributed by atoms with Crippen LogP contribution in [0.1, 0.15) is 10.4 Å². The number of nitrogens with one attached hydrogen (secondary N) is 1. The summed E-state index contributed by atoms with van der Waals surface area (Å²) in [6.07, 6.45) is 2.64. The fourth-order valence-electron chi connectivity index (χ4n) is 1.47. The van der Waals surface area contributed by atoms with Crippen molar-refractivity contribution in [1.29, 1.82) is 0 Å². The lowest BCUT2D eigenvalue weighted by molar-refractivity contribution is 0.0697. The molecule has 2 N–H and O–H groups in total. The van der Waals surface area contributed by atoms with Crippen LogP contribution in [0.4, 0.5) is 5.69 Å². The summed E-state index contributed by atoms with van der Waals surface area (Å²) < 4.78 is 27.2. The van der Waals surface area contributed by atoms with E-state index in [4.69, 9.17) is 16.7 Å². The van der Waals surface area contributed by atoms with Crippen molar-refractivity contribution < 1.29 is 18.3 Å². The summed E-state index contributed by atoms with van der Waals surface area (Å²) in [4.78, 5) is 14.5. The lowest BCUT2D eigenvalue weighted by atomic mass is 10.2.